The zero-order valence-electron chi connectivity index (χ0n) is 38.0. The first-order valence-corrected chi connectivity index (χ1v) is 20.0. The van der Waals surface area contributed by atoms with Crippen LogP contribution in [0.15, 0.2) is 84.9 Å². The second kappa shape index (κ2) is 29.6. The molecule has 0 radical (unpaired) electrons. The third kappa shape index (κ3) is 20.2. The molecular weight excluding hydrogens is 865 g/mol. The Kier molecular flexibility index (Phi) is 25.2. The van der Waals surface area contributed by atoms with E-state index in [-0.39, 0.29) is 61.7 Å². The van der Waals surface area contributed by atoms with Crippen LogP contribution in [-0.2, 0) is 19.2 Å². The second-order valence-electron chi connectivity index (χ2n) is 14.0. The molecule has 0 bridgehead atoms. The molecule has 66 heavy (non-hydrogen) atoms. The molecule has 2 unspecified atom stereocenters. The van der Waals surface area contributed by atoms with Crippen molar-refractivity contribution >= 4 is 47.0 Å². The molecule has 4 rings (SSSR count). The SMILES string of the molecule is COc1ccc(C(=O)C(C)CC(=O)O)cc1.COc1ccc(C(=O)CC(C)C(=O)O)cc1.COc1ccc(C(=O)CCC(=O)O)c(OC)c1.COc1ccc(C(=O)CCC(=O)O)cc1OC. The van der Waals surface area contributed by atoms with Crippen LogP contribution in [0, 0.1) is 11.8 Å². The highest BCUT2D eigenvalue weighted by molar-refractivity contribution is 6.01. The van der Waals surface area contributed by atoms with E-state index in [9.17, 15) is 38.4 Å². The van der Waals surface area contributed by atoms with Crippen LogP contribution in [0.1, 0.15) is 93.8 Å². The normalized spacial score (nSPS) is 10.8. The predicted octanol–water partition coefficient (Wildman–Crippen LogP) is 7.48. The minimum Gasteiger partial charge on any atom is -0.497 e. The molecule has 0 aliphatic carbocycles. The summed E-state index contributed by atoms with van der Waals surface area (Å²) in [5, 5.41) is 34.3. The van der Waals surface area contributed by atoms with Crippen LogP contribution in [0.2, 0.25) is 0 Å². The van der Waals surface area contributed by atoms with Crippen LogP contribution in [0.25, 0.3) is 0 Å². The predicted molar refractivity (Wildman–Crippen MR) is 239 cm³/mol. The average molecular weight is 921 g/mol. The molecule has 0 aliphatic heterocycles. The van der Waals surface area contributed by atoms with Crippen LogP contribution in [-0.4, -0.2) is 110 Å². The van der Waals surface area contributed by atoms with Crippen LogP contribution >= 0.6 is 0 Å². The van der Waals surface area contributed by atoms with Crippen molar-refractivity contribution in [1.82, 2.24) is 0 Å². The molecule has 4 N–H and O–H groups in total. The highest BCUT2D eigenvalue weighted by atomic mass is 16.5. The summed E-state index contributed by atoms with van der Waals surface area (Å²) in [5.41, 5.74) is 1.81. The van der Waals surface area contributed by atoms with E-state index >= 15 is 0 Å². The molecule has 0 saturated carbocycles. The van der Waals surface area contributed by atoms with Crippen molar-refractivity contribution in [2.75, 3.05) is 42.7 Å². The van der Waals surface area contributed by atoms with Gasteiger partial charge in [-0.2, -0.15) is 0 Å². The number of rotatable bonds is 22. The van der Waals surface area contributed by atoms with Gasteiger partial charge in [0.25, 0.3) is 0 Å². The fraction of sp³-hybridized carbons (Fsp3) is 0.333. The van der Waals surface area contributed by atoms with Crippen molar-refractivity contribution in [3.63, 3.8) is 0 Å². The van der Waals surface area contributed by atoms with Gasteiger partial charge in [0.2, 0.25) is 0 Å². The Morgan fingerprint density at radius 2 is 0.864 bits per heavy atom. The second-order valence-corrected chi connectivity index (χ2v) is 14.0. The number of Topliss-reactive ketones (excluding diaryl/α,β-unsaturated/α-hetero) is 4. The first-order valence-electron chi connectivity index (χ1n) is 20.0. The number of ketones is 4. The number of carboxylic acids is 4. The summed E-state index contributed by atoms with van der Waals surface area (Å²) in [6, 6.07) is 22.8. The Balaban J connectivity index is 0.000000440. The largest absolute Gasteiger partial charge is 0.497 e. The lowest BCUT2D eigenvalue weighted by molar-refractivity contribution is -0.141. The van der Waals surface area contributed by atoms with Crippen molar-refractivity contribution in [3.8, 4) is 34.5 Å². The number of methoxy groups -OCH3 is 6. The number of aliphatic carboxylic acids is 4. The van der Waals surface area contributed by atoms with E-state index < -0.39 is 35.7 Å². The summed E-state index contributed by atoms with van der Waals surface area (Å²) >= 11 is 0. The molecule has 18 nitrogen and oxygen atoms in total. The number of carbonyl (C=O) groups excluding carboxylic acids is 4. The minimum atomic E-state index is -0.995. The Morgan fingerprint density at radius 3 is 1.30 bits per heavy atom. The maximum absolute atomic E-state index is 11.8. The molecule has 0 aliphatic rings. The molecule has 0 fully saturated rings. The van der Waals surface area contributed by atoms with Gasteiger partial charge < -0.3 is 48.8 Å². The standard InChI is InChI=1S/2C12H14O5.2C12H14O4/c1-16-10-5-3-8(7-11(10)17-2)9(13)4-6-12(14)15;1-16-8-3-4-9(11(7-8)17-2)10(13)5-6-12(14)15;1-8(7-11(13)14)12(15)9-3-5-10(16-2)6-4-9;1-8(12(14)15)7-11(13)9-3-5-10(16-2)6-4-9/h3,5,7H,4,6H2,1-2H3,(H,14,15);3-4,7H,5-6H2,1-2H3,(H,14,15);3-6,8H,7H2,1-2H3,(H,13,14);3-6,8H,7H2,1-2H3,(H,14,15). The van der Waals surface area contributed by atoms with Gasteiger partial charge in [-0.3, -0.25) is 38.4 Å². The first kappa shape index (κ1) is 56.3. The topological polar surface area (TPSA) is 273 Å². The summed E-state index contributed by atoms with van der Waals surface area (Å²) in [4.78, 5) is 88.6. The molecule has 0 spiro atoms. The average Bonchev–Trinajstić information content (AvgIpc) is 3.31. The zero-order valence-corrected chi connectivity index (χ0v) is 38.0. The molecule has 356 valence electrons. The molecule has 18 heteroatoms. The maximum atomic E-state index is 11.8. The van der Waals surface area contributed by atoms with Gasteiger partial charge in [-0.15, -0.1) is 0 Å². The van der Waals surface area contributed by atoms with Crippen molar-refractivity contribution < 1.29 is 87.2 Å². The number of benzene rings is 4. The van der Waals surface area contributed by atoms with Crippen molar-refractivity contribution in [2.24, 2.45) is 11.8 Å². The third-order valence-electron chi connectivity index (χ3n) is 9.17. The molecular formula is C48H56O18. The molecule has 0 heterocycles. The number of carboxylic acid groups (broad SMARTS) is 4. The van der Waals surface area contributed by atoms with E-state index in [1.165, 1.54) is 35.4 Å². The maximum Gasteiger partial charge on any atom is 0.306 e. The van der Waals surface area contributed by atoms with E-state index in [4.69, 9.17) is 48.8 Å². The van der Waals surface area contributed by atoms with Gasteiger partial charge in [-0.25, -0.2) is 0 Å². The van der Waals surface area contributed by atoms with Gasteiger partial charge in [0, 0.05) is 47.9 Å². The molecule has 0 amide bonds. The van der Waals surface area contributed by atoms with Gasteiger partial charge >= 0.3 is 23.9 Å². The summed E-state index contributed by atoms with van der Waals surface area (Å²) in [7, 11) is 9.03. The number of hydrogen-bond donors (Lipinski definition) is 4. The monoisotopic (exact) mass is 920 g/mol. The number of ether oxygens (including phenoxy) is 6. The number of hydrogen-bond acceptors (Lipinski definition) is 14. The highest BCUT2D eigenvalue weighted by Gasteiger charge is 2.19. The lowest BCUT2D eigenvalue weighted by Gasteiger charge is -2.08. The zero-order chi connectivity index (χ0) is 49.9. The summed E-state index contributed by atoms with van der Waals surface area (Å²) in [6.07, 6.45) is -0.559. The molecule has 2 atom stereocenters. The molecule has 4 aromatic rings. The van der Waals surface area contributed by atoms with Crippen molar-refractivity contribution in [2.45, 2.75) is 52.4 Å². The Labute approximate surface area is 382 Å². The van der Waals surface area contributed by atoms with E-state index in [0.717, 1.165) is 0 Å². The summed E-state index contributed by atoms with van der Waals surface area (Å²) < 4.78 is 30.1. The Bertz CT molecular complexity index is 2250. The number of carbonyl (C=O) groups is 8. The van der Waals surface area contributed by atoms with Crippen LogP contribution in [0.4, 0.5) is 0 Å². The van der Waals surface area contributed by atoms with Crippen LogP contribution in [0.5, 0.6) is 34.5 Å². The van der Waals surface area contributed by atoms with Crippen molar-refractivity contribution in [3.05, 3.63) is 107 Å². The van der Waals surface area contributed by atoms with Gasteiger partial charge in [0.15, 0.2) is 34.6 Å². The van der Waals surface area contributed by atoms with Crippen molar-refractivity contribution in [1.29, 1.82) is 0 Å². The smallest absolute Gasteiger partial charge is 0.306 e. The third-order valence-corrected chi connectivity index (χ3v) is 9.17. The quantitative estimate of drug-likeness (QED) is 0.0556. The fourth-order valence-electron chi connectivity index (χ4n) is 5.41. The van der Waals surface area contributed by atoms with Gasteiger partial charge in [0.1, 0.15) is 23.0 Å². The van der Waals surface area contributed by atoms with E-state index in [2.05, 4.69) is 0 Å². The lowest BCUT2D eigenvalue weighted by Crippen LogP contribution is -2.15. The highest BCUT2D eigenvalue weighted by Crippen LogP contribution is 2.28. The van der Waals surface area contributed by atoms with Gasteiger partial charge in [-0.1, -0.05) is 13.8 Å². The van der Waals surface area contributed by atoms with Crippen LogP contribution in [0.3, 0.4) is 0 Å². The van der Waals surface area contributed by atoms with Gasteiger partial charge in [-0.05, 0) is 78.9 Å². The van der Waals surface area contributed by atoms with E-state index in [0.29, 0.717) is 56.8 Å². The summed E-state index contributed by atoms with van der Waals surface area (Å²) in [6.45, 7) is 3.13. The molecule has 4 aromatic carbocycles. The Morgan fingerprint density at radius 1 is 0.409 bits per heavy atom. The first-order chi connectivity index (χ1) is 31.2. The van der Waals surface area contributed by atoms with Gasteiger partial charge in [0.05, 0.1) is 73.4 Å². The minimum absolute atomic E-state index is 0.0155. The van der Waals surface area contributed by atoms with Crippen LogP contribution < -0.4 is 28.4 Å². The Hall–Kier alpha value is -7.76. The van der Waals surface area contributed by atoms with E-state index in [1.807, 2.05) is 0 Å². The lowest BCUT2D eigenvalue weighted by atomic mass is 9.96. The fourth-order valence-corrected chi connectivity index (χ4v) is 5.41. The summed E-state index contributed by atoms with van der Waals surface area (Å²) in [5.74, 6) is -2.60. The molecule has 0 saturated heterocycles. The molecule has 0 aromatic heterocycles. The van der Waals surface area contributed by atoms with E-state index in [1.54, 1.807) is 106 Å².